The Morgan fingerprint density at radius 2 is 2.29 bits per heavy atom. The molecule has 1 aromatic rings. The minimum atomic E-state index is 0.168. The number of halogens is 1. The number of ether oxygens (including phenoxy) is 1. The van der Waals surface area contributed by atoms with E-state index in [9.17, 15) is 0 Å². The van der Waals surface area contributed by atoms with E-state index in [-0.39, 0.29) is 6.10 Å². The average molecular weight is 262 g/mol. The molecule has 0 saturated heterocycles. The molecule has 0 bridgehead atoms. The zero-order valence-corrected chi connectivity index (χ0v) is 10.3. The molecule has 1 unspecified atom stereocenters. The van der Waals surface area contributed by atoms with Crippen LogP contribution in [0.25, 0.3) is 0 Å². The summed E-state index contributed by atoms with van der Waals surface area (Å²) in [5.74, 6) is 0.979. The second kappa shape index (κ2) is 4.79. The molecule has 5 heteroatoms. The van der Waals surface area contributed by atoms with E-state index in [0.29, 0.717) is 11.7 Å². The molecule has 0 saturated carbocycles. The Balaban J connectivity index is 2.67. The van der Waals surface area contributed by atoms with Crippen LogP contribution in [0.1, 0.15) is 13.8 Å². The summed E-state index contributed by atoms with van der Waals surface area (Å²) >= 11 is 3.32. The number of methoxy groups -OCH3 is 1. The van der Waals surface area contributed by atoms with Crippen molar-refractivity contribution in [2.75, 3.05) is 12.8 Å². The van der Waals surface area contributed by atoms with Gasteiger partial charge in [-0.25, -0.2) is 0 Å². The van der Waals surface area contributed by atoms with Gasteiger partial charge in [-0.2, -0.15) is 5.10 Å². The lowest BCUT2D eigenvalue weighted by Crippen LogP contribution is -2.24. The Labute approximate surface area is 92.5 Å². The highest BCUT2D eigenvalue weighted by atomic mass is 79.9. The third-order valence-corrected chi connectivity index (χ3v) is 2.77. The van der Waals surface area contributed by atoms with Gasteiger partial charge in [-0.3, -0.25) is 4.68 Å². The Bertz CT molecular complexity index is 279. The Hall–Kier alpha value is -0.550. The molecule has 1 rings (SSSR count). The van der Waals surface area contributed by atoms with Crippen LogP contribution in [0, 0.1) is 5.92 Å². The first kappa shape index (κ1) is 11.5. The summed E-state index contributed by atoms with van der Waals surface area (Å²) in [4.78, 5) is 0. The van der Waals surface area contributed by atoms with Gasteiger partial charge < -0.3 is 10.5 Å². The number of anilines is 1. The van der Waals surface area contributed by atoms with Gasteiger partial charge in [0, 0.05) is 13.3 Å². The van der Waals surface area contributed by atoms with Crippen molar-refractivity contribution in [3.05, 3.63) is 10.7 Å². The molecule has 1 heterocycles. The molecule has 0 aromatic carbocycles. The predicted molar refractivity (Wildman–Crippen MR) is 60.0 cm³/mol. The molecule has 14 heavy (non-hydrogen) atoms. The van der Waals surface area contributed by atoms with E-state index in [1.165, 1.54) is 0 Å². The van der Waals surface area contributed by atoms with Gasteiger partial charge in [0.25, 0.3) is 0 Å². The summed E-state index contributed by atoms with van der Waals surface area (Å²) in [6.45, 7) is 4.97. The van der Waals surface area contributed by atoms with Crippen molar-refractivity contribution in [3.63, 3.8) is 0 Å². The second-order valence-corrected chi connectivity index (χ2v) is 4.46. The lowest BCUT2D eigenvalue weighted by Gasteiger charge is -2.18. The third-order valence-electron chi connectivity index (χ3n) is 2.16. The summed E-state index contributed by atoms with van der Waals surface area (Å²) in [6, 6.07) is 0. The van der Waals surface area contributed by atoms with Crippen molar-refractivity contribution in [1.82, 2.24) is 9.78 Å². The van der Waals surface area contributed by atoms with Crippen LogP contribution in [0.2, 0.25) is 0 Å². The van der Waals surface area contributed by atoms with Gasteiger partial charge in [0.2, 0.25) is 0 Å². The third kappa shape index (κ3) is 2.72. The lowest BCUT2D eigenvalue weighted by atomic mass is 10.1. The second-order valence-electron chi connectivity index (χ2n) is 3.60. The van der Waals surface area contributed by atoms with Crippen molar-refractivity contribution in [3.8, 4) is 0 Å². The summed E-state index contributed by atoms with van der Waals surface area (Å²) in [5, 5.41) is 4.15. The first-order chi connectivity index (χ1) is 6.54. The fraction of sp³-hybridized carbons (Fsp3) is 0.667. The van der Waals surface area contributed by atoms with Crippen molar-refractivity contribution in [2.45, 2.75) is 26.5 Å². The zero-order chi connectivity index (χ0) is 10.7. The van der Waals surface area contributed by atoms with E-state index in [2.05, 4.69) is 34.9 Å². The Kier molecular flexibility index (Phi) is 3.95. The molecule has 0 amide bonds. The number of nitrogens with two attached hydrogens (primary N) is 1. The largest absolute Gasteiger partial charge is 0.381 e. The molecule has 1 aromatic heterocycles. The fourth-order valence-corrected chi connectivity index (χ4v) is 1.56. The number of nitrogens with zero attached hydrogens (tertiary/aromatic N) is 2. The van der Waals surface area contributed by atoms with E-state index >= 15 is 0 Å². The van der Waals surface area contributed by atoms with E-state index in [0.717, 1.165) is 11.0 Å². The van der Waals surface area contributed by atoms with Crippen LogP contribution in [0.15, 0.2) is 10.7 Å². The van der Waals surface area contributed by atoms with Crippen LogP contribution in [0.5, 0.6) is 0 Å². The minimum Gasteiger partial charge on any atom is -0.381 e. The highest BCUT2D eigenvalue weighted by Crippen LogP contribution is 2.17. The maximum absolute atomic E-state index is 5.61. The first-order valence-corrected chi connectivity index (χ1v) is 5.35. The molecule has 4 nitrogen and oxygen atoms in total. The molecule has 0 radical (unpaired) electrons. The summed E-state index contributed by atoms with van der Waals surface area (Å²) < 4.78 is 7.98. The van der Waals surface area contributed by atoms with Crippen molar-refractivity contribution >= 4 is 21.7 Å². The van der Waals surface area contributed by atoms with E-state index in [4.69, 9.17) is 10.5 Å². The molecule has 0 aliphatic rings. The van der Waals surface area contributed by atoms with Gasteiger partial charge in [-0.05, 0) is 21.8 Å². The molecular weight excluding hydrogens is 246 g/mol. The van der Waals surface area contributed by atoms with Crippen LogP contribution >= 0.6 is 15.9 Å². The predicted octanol–water partition coefficient (Wildman–Crippen LogP) is 1.90. The van der Waals surface area contributed by atoms with Crippen molar-refractivity contribution in [1.29, 1.82) is 0 Å². The fourth-order valence-electron chi connectivity index (χ4n) is 1.25. The first-order valence-electron chi connectivity index (χ1n) is 4.55. The van der Waals surface area contributed by atoms with Crippen LogP contribution in [-0.2, 0) is 11.3 Å². The molecular formula is C9H16BrN3O. The van der Waals surface area contributed by atoms with Gasteiger partial charge in [0.1, 0.15) is 0 Å². The van der Waals surface area contributed by atoms with Crippen LogP contribution in [0.3, 0.4) is 0 Å². The van der Waals surface area contributed by atoms with Crippen molar-refractivity contribution in [2.24, 2.45) is 5.92 Å². The summed E-state index contributed by atoms with van der Waals surface area (Å²) in [7, 11) is 1.71. The summed E-state index contributed by atoms with van der Waals surface area (Å²) in [6.07, 6.45) is 2.03. The highest BCUT2D eigenvalue weighted by molar-refractivity contribution is 9.10. The molecule has 2 N–H and O–H groups in total. The monoisotopic (exact) mass is 261 g/mol. The Morgan fingerprint density at radius 3 is 2.64 bits per heavy atom. The SMILES string of the molecule is COC(Cn1cc(Br)c(N)n1)C(C)C. The van der Waals surface area contributed by atoms with E-state index < -0.39 is 0 Å². The van der Waals surface area contributed by atoms with Crippen LogP contribution in [0.4, 0.5) is 5.82 Å². The number of aromatic nitrogens is 2. The van der Waals surface area contributed by atoms with Gasteiger partial charge in [0.05, 0.1) is 17.1 Å². The maximum Gasteiger partial charge on any atom is 0.159 e. The number of hydrogen-bond acceptors (Lipinski definition) is 3. The molecule has 0 aliphatic heterocycles. The number of hydrogen-bond donors (Lipinski definition) is 1. The quantitative estimate of drug-likeness (QED) is 0.901. The lowest BCUT2D eigenvalue weighted by molar-refractivity contribution is 0.0483. The number of rotatable bonds is 4. The molecule has 0 fully saturated rings. The average Bonchev–Trinajstić information content (AvgIpc) is 2.41. The molecule has 1 atom stereocenters. The van der Waals surface area contributed by atoms with Gasteiger partial charge in [-0.1, -0.05) is 13.8 Å². The van der Waals surface area contributed by atoms with Crippen molar-refractivity contribution < 1.29 is 4.74 Å². The summed E-state index contributed by atoms with van der Waals surface area (Å²) in [5.41, 5.74) is 5.61. The highest BCUT2D eigenvalue weighted by Gasteiger charge is 2.14. The van der Waals surface area contributed by atoms with Gasteiger partial charge in [0.15, 0.2) is 5.82 Å². The smallest absolute Gasteiger partial charge is 0.159 e. The minimum absolute atomic E-state index is 0.168. The normalized spacial score (nSPS) is 13.5. The molecule has 0 spiro atoms. The molecule has 80 valence electrons. The standard InChI is InChI=1S/C9H16BrN3O/c1-6(2)8(14-3)5-13-4-7(10)9(11)12-13/h4,6,8H,5H2,1-3H3,(H2,11,12). The zero-order valence-electron chi connectivity index (χ0n) is 8.70. The topological polar surface area (TPSA) is 53.1 Å². The van der Waals surface area contributed by atoms with Crippen LogP contribution in [-0.4, -0.2) is 23.0 Å². The Morgan fingerprint density at radius 1 is 1.64 bits per heavy atom. The van der Waals surface area contributed by atoms with Gasteiger partial charge >= 0.3 is 0 Å². The number of nitrogen functional groups attached to an aromatic ring is 1. The maximum atomic E-state index is 5.61. The van der Waals surface area contributed by atoms with Gasteiger partial charge in [-0.15, -0.1) is 0 Å². The van der Waals surface area contributed by atoms with E-state index in [1.54, 1.807) is 11.8 Å². The van der Waals surface area contributed by atoms with Crippen LogP contribution < -0.4 is 5.73 Å². The molecule has 0 aliphatic carbocycles. The van der Waals surface area contributed by atoms with E-state index in [1.807, 2.05) is 6.20 Å².